The standard InChI is InChI=1S/C7H7NO.2H3O3P/c8-7(9)6-4-2-1-3-5-6;2*1-4(2)3/h1-5H,(H2,8,9);2*4H,(H2,1,2,3). The second kappa shape index (κ2) is 11.5. The van der Waals surface area contributed by atoms with E-state index in [2.05, 4.69) is 0 Å². The van der Waals surface area contributed by atoms with Gasteiger partial charge in [-0.25, -0.2) is 0 Å². The summed E-state index contributed by atoms with van der Waals surface area (Å²) in [4.78, 5) is 39.1. The Kier molecular flexibility index (Phi) is 12.4. The van der Waals surface area contributed by atoms with E-state index >= 15 is 0 Å². The van der Waals surface area contributed by atoms with Gasteiger partial charge >= 0.3 is 16.5 Å². The van der Waals surface area contributed by atoms with E-state index in [0.717, 1.165) is 0 Å². The zero-order valence-corrected chi connectivity index (χ0v) is 10.5. The molecule has 0 bridgehead atoms. The fraction of sp³-hybridized carbons (Fsp3) is 0. The van der Waals surface area contributed by atoms with Crippen LogP contribution in [0.3, 0.4) is 0 Å². The lowest BCUT2D eigenvalue weighted by molar-refractivity contribution is 0.1000. The Balaban J connectivity index is 0. The highest BCUT2D eigenvalue weighted by atomic mass is 31.1. The summed E-state index contributed by atoms with van der Waals surface area (Å²) >= 11 is 0. The van der Waals surface area contributed by atoms with Crippen molar-refractivity contribution >= 4 is 22.4 Å². The molecule has 1 aromatic carbocycles. The minimum absolute atomic E-state index is 0.379. The summed E-state index contributed by atoms with van der Waals surface area (Å²) in [6.45, 7) is 0. The summed E-state index contributed by atoms with van der Waals surface area (Å²) in [5.41, 5.74) is 5.53. The van der Waals surface area contributed by atoms with Gasteiger partial charge in [-0.1, -0.05) is 18.2 Å². The Bertz CT molecular complexity index is 350. The van der Waals surface area contributed by atoms with Crippen molar-refractivity contribution < 1.29 is 33.5 Å². The molecular formula is C7H13NO7P2. The van der Waals surface area contributed by atoms with Crippen LogP contribution in [0.15, 0.2) is 30.3 Å². The van der Waals surface area contributed by atoms with E-state index < -0.39 is 16.5 Å². The van der Waals surface area contributed by atoms with Crippen molar-refractivity contribution in [2.24, 2.45) is 5.73 Å². The topological polar surface area (TPSA) is 158 Å². The zero-order chi connectivity index (χ0) is 13.8. The summed E-state index contributed by atoms with van der Waals surface area (Å²) in [6, 6.07) is 8.76. The lowest BCUT2D eigenvalue weighted by Crippen LogP contribution is -2.09. The summed E-state index contributed by atoms with van der Waals surface area (Å²) in [6.07, 6.45) is 0. The Morgan fingerprint density at radius 1 is 0.941 bits per heavy atom. The van der Waals surface area contributed by atoms with Crippen LogP contribution in [-0.2, 0) is 9.13 Å². The van der Waals surface area contributed by atoms with E-state index in [0.29, 0.717) is 5.56 Å². The molecule has 10 heteroatoms. The van der Waals surface area contributed by atoms with E-state index in [1.54, 1.807) is 24.3 Å². The minimum Gasteiger partial charge on any atom is -0.366 e. The molecule has 6 N–H and O–H groups in total. The maximum absolute atomic E-state index is 10.4. The van der Waals surface area contributed by atoms with Crippen LogP contribution in [0.1, 0.15) is 10.4 Å². The largest absolute Gasteiger partial charge is 0.366 e. The van der Waals surface area contributed by atoms with Gasteiger partial charge in [0, 0.05) is 5.56 Å². The van der Waals surface area contributed by atoms with Crippen molar-refractivity contribution in [3.8, 4) is 0 Å². The second-order valence-electron chi connectivity index (χ2n) is 2.30. The van der Waals surface area contributed by atoms with Gasteiger partial charge in [-0.2, -0.15) is 0 Å². The number of hydrogen-bond donors (Lipinski definition) is 5. The smallest absolute Gasteiger partial charge is 0.314 e. The Labute approximate surface area is 98.2 Å². The predicted octanol–water partition coefficient (Wildman–Crippen LogP) is -0.493. The van der Waals surface area contributed by atoms with Gasteiger partial charge in [0.25, 0.3) is 0 Å². The lowest BCUT2D eigenvalue weighted by atomic mass is 10.2. The van der Waals surface area contributed by atoms with Crippen LogP contribution in [0, 0.1) is 0 Å². The first-order chi connectivity index (χ1) is 7.77. The predicted molar refractivity (Wildman–Crippen MR) is 61.8 cm³/mol. The number of amides is 1. The normalized spacial score (nSPS) is 8.82. The molecule has 1 aromatic rings. The highest BCUT2D eigenvalue weighted by Gasteiger charge is 1.93. The first-order valence-corrected chi connectivity index (χ1v) is 6.56. The molecule has 0 fully saturated rings. The second-order valence-corrected chi connectivity index (χ2v) is 3.43. The molecule has 0 unspecified atom stereocenters. The van der Waals surface area contributed by atoms with Crippen LogP contribution < -0.4 is 5.73 Å². The van der Waals surface area contributed by atoms with E-state index in [-0.39, 0.29) is 5.91 Å². The monoisotopic (exact) mass is 285 g/mol. The Hall–Kier alpha value is -1.01. The third-order valence-electron chi connectivity index (χ3n) is 1.06. The first-order valence-electron chi connectivity index (χ1n) is 3.96. The number of nitrogens with two attached hydrogens (primary N) is 1. The molecule has 0 aromatic heterocycles. The Morgan fingerprint density at radius 2 is 1.24 bits per heavy atom. The van der Waals surface area contributed by atoms with E-state index in [1.807, 2.05) is 6.07 Å². The molecule has 0 saturated heterocycles. The van der Waals surface area contributed by atoms with Crippen LogP contribution in [0.5, 0.6) is 0 Å². The van der Waals surface area contributed by atoms with E-state index in [4.69, 9.17) is 34.4 Å². The molecule has 1 amide bonds. The van der Waals surface area contributed by atoms with Crippen molar-refractivity contribution in [3.63, 3.8) is 0 Å². The van der Waals surface area contributed by atoms with Gasteiger partial charge in [0.1, 0.15) is 0 Å². The summed E-state index contributed by atoms with van der Waals surface area (Å²) in [5.74, 6) is -0.379. The molecule has 17 heavy (non-hydrogen) atoms. The summed E-state index contributed by atoms with van der Waals surface area (Å²) < 4.78 is 17.5. The average Bonchev–Trinajstić information content (AvgIpc) is 2.17. The van der Waals surface area contributed by atoms with Gasteiger partial charge in [-0.15, -0.1) is 0 Å². The minimum atomic E-state index is -3.13. The van der Waals surface area contributed by atoms with E-state index in [1.165, 1.54) is 0 Å². The molecule has 8 nitrogen and oxygen atoms in total. The maximum Gasteiger partial charge on any atom is 0.314 e. The van der Waals surface area contributed by atoms with Crippen molar-refractivity contribution in [3.05, 3.63) is 35.9 Å². The van der Waals surface area contributed by atoms with Gasteiger partial charge in [0.15, 0.2) is 0 Å². The van der Waals surface area contributed by atoms with E-state index in [9.17, 15) is 4.79 Å². The molecule has 0 atom stereocenters. The number of hydrogen-bond acceptors (Lipinski definition) is 3. The first kappa shape index (κ1) is 18.4. The summed E-state index contributed by atoms with van der Waals surface area (Å²) in [5, 5.41) is 0. The van der Waals surface area contributed by atoms with Gasteiger partial charge in [0.05, 0.1) is 0 Å². The highest BCUT2D eigenvalue weighted by molar-refractivity contribution is 7.31. The number of carbonyl (C=O) groups excluding carboxylic acids is 1. The van der Waals surface area contributed by atoms with Crippen molar-refractivity contribution in [2.75, 3.05) is 0 Å². The van der Waals surface area contributed by atoms with Crippen LogP contribution in [0.4, 0.5) is 0 Å². The molecule has 0 aliphatic rings. The molecule has 0 heterocycles. The fourth-order valence-corrected chi connectivity index (χ4v) is 0.602. The Morgan fingerprint density at radius 3 is 1.41 bits per heavy atom. The van der Waals surface area contributed by atoms with Crippen molar-refractivity contribution in [1.29, 1.82) is 0 Å². The van der Waals surface area contributed by atoms with Crippen LogP contribution in [-0.4, -0.2) is 25.5 Å². The SMILES string of the molecule is NC(=O)c1ccccc1.O=[PH](O)O.O=[PH](O)O. The average molecular weight is 285 g/mol. The number of primary amides is 1. The third-order valence-corrected chi connectivity index (χ3v) is 1.06. The fourth-order valence-electron chi connectivity index (χ4n) is 0.602. The van der Waals surface area contributed by atoms with Gasteiger partial charge in [-0.05, 0) is 12.1 Å². The quantitative estimate of drug-likeness (QED) is 0.435. The van der Waals surface area contributed by atoms with Crippen LogP contribution in [0.25, 0.3) is 0 Å². The maximum atomic E-state index is 10.4. The molecule has 0 spiro atoms. The molecule has 98 valence electrons. The molecule has 0 aliphatic carbocycles. The highest BCUT2D eigenvalue weighted by Crippen LogP contribution is 1.99. The molecule has 0 saturated carbocycles. The van der Waals surface area contributed by atoms with Crippen LogP contribution in [0.2, 0.25) is 0 Å². The van der Waals surface area contributed by atoms with Gasteiger partial charge < -0.3 is 25.3 Å². The van der Waals surface area contributed by atoms with Crippen molar-refractivity contribution in [1.82, 2.24) is 0 Å². The third kappa shape index (κ3) is 20.9. The molecule has 0 radical (unpaired) electrons. The van der Waals surface area contributed by atoms with Crippen LogP contribution >= 0.6 is 16.5 Å². The molecule has 1 rings (SSSR count). The number of rotatable bonds is 1. The molecular weight excluding hydrogens is 272 g/mol. The van der Waals surface area contributed by atoms with Crippen molar-refractivity contribution in [2.45, 2.75) is 0 Å². The van der Waals surface area contributed by atoms with Gasteiger partial charge in [0.2, 0.25) is 5.91 Å². The number of benzene rings is 1. The zero-order valence-electron chi connectivity index (χ0n) is 8.48. The van der Waals surface area contributed by atoms with Gasteiger partial charge in [-0.3, -0.25) is 13.9 Å². The number of carbonyl (C=O) groups is 1. The summed E-state index contributed by atoms with van der Waals surface area (Å²) in [7, 11) is -6.26. The lowest BCUT2D eigenvalue weighted by Gasteiger charge is -1.89. The molecule has 0 aliphatic heterocycles.